The molecule has 2 fully saturated rings. The molecule has 0 saturated carbocycles. The lowest BCUT2D eigenvalue weighted by atomic mass is 9.72. The van der Waals surface area contributed by atoms with Gasteiger partial charge in [0.1, 0.15) is 0 Å². The Kier molecular flexibility index (Phi) is 4.21. The lowest BCUT2D eigenvalue weighted by Gasteiger charge is -2.46. The minimum absolute atomic E-state index is 0.0918. The van der Waals surface area contributed by atoms with Gasteiger partial charge in [-0.3, -0.25) is 14.4 Å². The van der Waals surface area contributed by atoms with Crippen LogP contribution in [-0.4, -0.2) is 54.2 Å². The van der Waals surface area contributed by atoms with Gasteiger partial charge in [-0.25, -0.2) is 0 Å². The van der Waals surface area contributed by atoms with Crippen LogP contribution in [0.4, 0.5) is 0 Å². The van der Waals surface area contributed by atoms with Crippen molar-refractivity contribution in [3.63, 3.8) is 0 Å². The van der Waals surface area contributed by atoms with Crippen LogP contribution in [0.1, 0.15) is 54.1 Å². The largest absolute Gasteiger partial charge is 0.345 e. The first-order valence-corrected chi connectivity index (χ1v) is 9.39. The average molecular weight is 355 g/mol. The van der Waals surface area contributed by atoms with Crippen molar-refractivity contribution in [2.45, 2.75) is 38.1 Å². The van der Waals surface area contributed by atoms with Crippen molar-refractivity contribution in [1.29, 1.82) is 0 Å². The van der Waals surface area contributed by atoms with E-state index in [0.29, 0.717) is 18.4 Å². The van der Waals surface area contributed by atoms with E-state index in [2.05, 4.69) is 5.32 Å². The lowest BCUT2D eigenvalue weighted by molar-refractivity contribution is -0.141. The monoisotopic (exact) mass is 355 g/mol. The number of rotatable bonds is 2. The molecule has 1 N–H and O–H groups in total. The molecule has 1 spiro atoms. The lowest BCUT2D eigenvalue weighted by Crippen LogP contribution is -2.51. The first-order chi connectivity index (χ1) is 12.5. The molecular weight excluding hydrogens is 330 g/mol. The fraction of sp³-hybridized carbons (Fsp3) is 0.550. The van der Waals surface area contributed by atoms with Crippen molar-refractivity contribution in [3.8, 4) is 0 Å². The molecule has 0 unspecified atom stereocenters. The predicted octanol–water partition coefficient (Wildman–Crippen LogP) is 1.72. The quantitative estimate of drug-likeness (QED) is 0.878. The first-order valence-electron chi connectivity index (χ1n) is 9.39. The van der Waals surface area contributed by atoms with Gasteiger partial charge >= 0.3 is 0 Å². The molecule has 138 valence electrons. The Hall–Kier alpha value is -2.37. The van der Waals surface area contributed by atoms with E-state index < -0.39 is 0 Å². The minimum Gasteiger partial charge on any atom is -0.345 e. The summed E-state index contributed by atoms with van der Waals surface area (Å²) in [5.41, 5.74) is 1.78. The molecule has 6 heteroatoms. The van der Waals surface area contributed by atoms with Crippen LogP contribution in [0.2, 0.25) is 0 Å². The number of nitrogens with zero attached hydrogens (tertiary/aromatic N) is 2. The van der Waals surface area contributed by atoms with Crippen molar-refractivity contribution in [3.05, 3.63) is 35.4 Å². The highest BCUT2D eigenvalue weighted by Gasteiger charge is 2.41. The molecule has 0 aliphatic carbocycles. The third-order valence-electron chi connectivity index (χ3n) is 6.31. The van der Waals surface area contributed by atoms with E-state index in [1.165, 1.54) is 0 Å². The van der Waals surface area contributed by atoms with Crippen molar-refractivity contribution in [1.82, 2.24) is 15.1 Å². The number of fused-ring (bicyclic) bond motifs is 1. The highest BCUT2D eigenvalue weighted by Crippen LogP contribution is 2.40. The van der Waals surface area contributed by atoms with Gasteiger partial charge in [0.05, 0.1) is 12.5 Å². The number of carbonyl (C=O) groups excluding carboxylic acids is 3. The number of piperidine rings is 2. The third kappa shape index (κ3) is 2.97. The van der Waals surface area contributed by atoms with Crippen LogP contribution in [0.5, 0.6) is 0 Å². The van der Waals surface area contributed by atoms with Crippen LogP contribution in [0.25, 0.3) is 0 Å². The van der Waals surface area contributed by atoms with Crippen LogP contribution in [0.15, 0.2) is 24.3 Å². The molecule has 26 heavy (non-hydrogen) atoms. The second-order valence-corrected chi connectivity index (χ2v) is 7.95. The Labute approximate surface area is 153 Å². The van der Waals surface area contributed by atoms with E-state index >= 15 is 0 Å². The number of amides is 3. The summed E-state index contributed by atoms with van der Waals surface area (Å²) in [4.78, 5) is 40.3. The van der Waals surface area contributed by atoms with E-state index in [0.717, 1.165) is 44.5 Å². The van der Waals surface area contributed by atoms with Gasteiger partial charge in [0.25, 0.3) is 5.91 Å². The molecule has 1 aromatic rings. The summed E-state index contributed by atoms with van der Waals surface area (Å²) in [6.07, 6.45) is 3.77. The van der Waals surface area contributed by atoms with Gasteiger partial charge in [-0.2, -0.15) is 0 Å². The Balaban J connectivity index is 1.36. The van der Waals surface area contributed by atoms with Crippen molar-refractivity contribution >= 4 is 17.7 Å². The van der Waals surface area contributed by atoms with E-state index in [1.54, 1.807) is 6.07 Å². The molecule has 0 aromatic heterocycles. The van der Waals surface area contributed by atoms with Crippen LogP contribution in [-0.2, 0) is 9.59 Å². The van der Waals surface area contributed by atoms with Gasteiger partial charge in [0, 0.05) is 38.7 Å². The highest BCUT2D eigenvalue weighted by atomic mass is 16.2. The van der Waals surface area contributed by atoms with Crippen LogP contribution >= 0.6 is 0 Å². The number of hydrogen-bond donors (Lipinski definition) is 1. The van der Waals surface area contributed by atoms with E-state index in [9.17, 15) is 14.4 Å². The summed E-state index contributed by atoms with van der Waals surface area (Å²) < 4.78 is 0. The molecule has 2 saturated heterocycles. The van der Waals surface area contributed by atoms with Gasteiger partial charge in [-0.1, -0.05) is 18.2 Å². The SMILES string of the molecule is CN1CC2(CCC1=O)CCN(C(=O)C[C@H]1NC(=O)c3ccccc31)CC2. The van der Waals surface area contributed by atoms with Gasteiger partial charge in [-0.15, -0.1) is 0 Å². The number of hydrogen-bond acceptors (Lipinski definition) is 3. The fourth-order valence-corrected chi connectivity index (χ4v) is 4.66. The van der Waals surface area contributed by atoms with E-state index in [1.807, 2.05) is 35.0 Å². The first kappa shape index (κ1) is 17.1. The Morgan fingerprint density at radius 3 is 2.65 bits per heavy atom. The third-order valence-corrected chi connectivity index (χ3v) is 6.31. The number of nitrogens with one attached hydrogen (secondary N) is 1. The second-order valence-electron chi connectivity index (χ2n) is 7.95. The molecule has 3 aliphatic heterocycles. The maximum atomic E-state index is 12.8. The van der Waals surface area contributed by atoms with E-state index in [-0.39, 0.29) is 29.2 Å². The molecule has 1 aromatic carbocycles. The van der Waals surface area contributed by atoms with Gasteiger partial charge in [-0.05, 0) is 36.3 Å². The zero-order valence-electron chi connectivity index (χ0n) is 15.2. The Morgan fingerprint density at radius 1 is 1.19 bits per heavy atom. The molecule has 3 heterocycles. The Bertz CT molecular complexity index is 752. The molecule has 0 bridgehead atoms. The van der Waals surface area contributed by atoms with Gasteiger partial charge in [0.15, 0.2) is 0 Å². The van der Waals surface area contributed by atoms with Gasteiger partial charge in [0.2, 0.25) is 11.8 Å². The van der Waals surface area contributed by atoms with Crippen LogP contribution in [0, 0.1) is 5.41 Å². The zero-order chi connectivity index (χ0) is 18.3. The fourth-order valence-electron chi connectivity index (χ4n) is 4.66. The number of carbonyl (C=O) groups is 3. The average Bonchev–Trinajstić information content (AvgIpc) is 2.95. The second kappa shape index (κ2) is 6.41. The number of benzene rings is 1. The maximum absolute atomic E-state index is 12.8. The van der Waals surface area contributed by atoms with Crippen molar-refractivity contribution in [2.75, 3.05) is 26.7 Å². The van der Waals surface area contributed by atoms with E-state index in [4.69, 9.17) is 0 Å². The molecule has 6 nitrogen and oxygen atoms in total. The summed E-state index contributed by atoms with van der Waals surface area (Å²) in [6.45, 7) is 2.28. The molecule has 3 aliphatic rings. The highest BCUT2D eigenvalue weighted by molar-refractivity contribution is 5.99. The molecule has 0 radical (unpaired) electrons. The number of likely N-dealkylation sites (tertiary alicyclic amines) is 2. The predicted molar refractivity (Wildman–Crippen MR) is 96.4 cm³/mol. The van der Waals surface area contributed by atoms with Crippen LogP contribution in [0.3, 0.4) is 0 Å². The Morgan fingerprint density at radius 2 is 1.92 bits per heavy atom. The smallest absolute Gasteiger partial charge is 0.252 e. The normalized spacial score (nSPS) is 24.6. The van der Waals surface area contributed by atoms with Crippen molar-refractivity contribution < 1.29 is 14.4 Å². The topological polar surface area (TPSA) is 69.7 Å². The molecular formula is C20H25N3O3. The molecule has 1 atom stereocenters. The summed E-state index contributed by atoms with van der Waals surface area (Å²) in [5.74, 6) is 0.234. The summed E-state index contributed by atoms with van der Waals surface area (Å²) in [6, 6.07) is 7.26. The summed E-state index contributed by atoms with van der Waals surface area (Å²) in [5, 5.41) is 2.93. The minimum atomic E-state index is -0.222. The molecule has 3 amide bonds. The molecule has 4 rings (SSSR count). The maximum Gasteiger partial charge on any atom is 0.252 e. The summed E-state index contributed by atoms with van der Waals surface area (Å²) >= 11 is 0. The van der Waals surface area contributed by atoms with Gasteiger partial charge < -0.3 is 15.1 Å². The van der Waals surface area contributed by atoms with Crippen molar-refractivity contribution in [2.24, 2.45) is 5.41 Å². The standard InChI is InChI=1S/C20H25N3O3/c1-22-13-20(7-6-17(22)24)8-10-23(11-9-20)18(25)12-16-14-4-2-3-5-15(14)19(26)21-16/h2-5,16H,6-13H2,1H3,(H,21,26)/t16-/m1/s1. The zero-order valence-corrected chi connectivity index (χ0v) is 15.2. The van der Waals surface area contributed by atoms with Crippen LogP contribution < -0.4 is 5.32 Å². The summed E-state index contributed by atoms with van der Waals surface area (Å²) in [7, 11) is 1.88.